The molecule has 0 saturated heterocycles. The molecule has 0 aliphatic carbocycles. The van der Waals surface area contributed by atoms with Crippen molar-refractivity contribution in [1.29, 1.82) is 0 Å². The first kappa shape index (κ1) is 17.2. The fraction of sp³-hybridized carbons (Fsp3) is 0.400. The Labute approximate surface area is 145 Å². The van der Waals surface area contributed by atoms with Gasteiger partial charge < -0.3 is 0 Å². The second kappa shape index (κ2) is 6.69. The van der Waals surface area contributed by atoms with Gasteiger partial charge in [0.05, 0.1) is 16.7 Å². The first-order valence-electron chi connectivity index (χ1n) is 8.59. The van der Waals surface area contributed by atoms with E-state index in [0.717, 1.165) is 30.4 Å². The summed E-state index contributed by atoms with van der Waals surface area (Å²) in [5, 5.41) is 3.68. The summed E-state index contributed by atoms with van der Waals surface area (Å²) in [6, 6.07) is 17.4. The van der Waals surface area contributed by atoms with Crippen LogP contribution in [0.15, 0.2) is 59.5 Å². The van der Waals surface area contributed by atoms with Crippen LogP contribution in [-0.2, 0) is 9.84 Å². The number of sulfone groups is 1. The van der Waals surface area contributed by atoms with E-state index in [4.69, 9.17) is 0 Å². The van der Waals surface area contributed by atoms with Crippen molar-refractivity contribution in [3.8, 4) is 0 Å². The molecule has 0 amide bonds. The second-order valence-electron chi connectivity index (χ2n) is 6.95. The van der Waals surface area contributed by atoms with Crippen LogP contribution in [0.1, 0.15) is 50.3 Å². The number of fused-ring (bicyclic) bond motifs is 1. The highest BCUT2D eigenvalue weighted by Crippen LogP contribution is 2.36. The second-order valence-corrected chi connectivity index (χ2v) is 8.91. The molecule has 2 aromatic carbocycles. The summed E-state index contributed by atoms with van der Waals surface area (Å²) in [4.78, 5) is 0.464. The number of unbranched alkanes of at least 4 members (excludes halogenated alkanes) is 1. The topological polar surface area (TPSA) is 46.2 Å². The van der Waals surface area contributed by atoms with Crippen LogP contribution in [0.2, 0.25) is 0 Å². The van der Waals surface area contributed by atoms with E-state index < -0.39 is 15.4 Å². The molecule has 0 saturated carbocycles. The highest BCUT2D eigenvalue weighted by molar-refractivity contribution is 7.91. The van der Waals surface area contributed by atoms with Gasteiger partial charge in [-0.25, -0.2) is 8.42 Å². The van der Waals surface area contributed by atoms with E-state index in [1.165, 1.54) is 0 Å². The van der Waals surface area contributed by atoms with Crippen LogP contribution in [0, 0.1) is 0 Å². The largest absolute Gasteiger partial charge is 0.300 e. The Hall–Kier alpha value is -1.65. The molecule has 4 heteroatoms. The zero-order valence-corrected chi connectivity index (χ0v) is 15.1. The molecule has 128 valence electrons. The van der Waals surface area contributed by atoms with Crippen molar-refractivity contribution in [2.45, 2.75) is 49.6 Å². The van der Waals surface area contributed by atoms with Crippen LogP contribution in [0.5, 0.6) is 0 Å². The van der Waals surface area contributed by atoms with Gasteiger partial charge in [0.15, 0.2) is 9.84 Å². The lowest BCUT2D eigenvalue weighted by Gasteiger charge is -2.33. The van der Waals surface area contributed by atoms with Crippen LogP contribution in [0.4, 0.5) is 0 Å². The van der Waals surface area contributed by atoms with Gasteiger partial charge in [-0.15, -0.1) is 0 Å². The van der Waals surface area contributed by atoms with Gasteiger partial charge in [-0.05, 0) is 30.5 Å². The van der Waals surface area contributed by atoms with Crippen LogP contribution < -0.4 is 5.32 Å². The van der Waals surface area contributed by atoms with Crippen molar-refractivity contribution < 1.29 is 8.42 Å². The Morgan fingerprint density at radius 2 is 1.75 bits per heavy atom. The average molecular weight is 343 g/mol. The zero-order valence-electron chi connectivity index (χ0n) is 14.3. The molecule has 2 unspecified atom stereocenters. The molecule has 1 heterocycles. The Kier molecular flexibility index (Phi) is 4.79. The summed E-state index contributed by atoms with van der Waals surface area (Å²) >= 11 is 0. The number of benzene rings is 2. The van der Waals surface area contributed by atoms with E-state index >= 15 is 0 Å². The van der Waals surface area contributed by atoms with Gasteiger partial charge in [0.25, 0.3) is 0 Å². The van der Waals surface area contributed by atoms with E-state index in [-0.39, 0.29) is 11.8 Å². The minimum absolute atomic E-state index is 0.110. The lowest BCUT2D eigenvalue weighted by molar-refractivity contribution is 0.332. The maximum absolute atomic E-state index is 13.0. The van der Waals surface area contributed by atoms with Gasteiger partial charge in [-0.2, -0.15) is 0 Å². The highest BCUT2D eigenvalue weighted by Gasteiger charge is 2.39. The van der Waals surface area contributed by atoms with Crippen LogP contribution >= 0.6 is 0 Å². The minimum atomic E-state index is -3.32. The van der Waals surface area contributed by atoms with Gasteiger partial charge in [0.1, 0.15) is 0 Å². The zero-order chi connectivity index (χ0) is 17.2. The van der Waals surface area contributed by atoms with Crippen molar-refractivity contribution in [2.24, 2.45) is 0 Å². The number of hydrogen-bond acceptors (Lipinski definition) is 3. The van der Waals surface area contributed by atoms with E-state index in [1.807, 2.05) is 43.3 Å². The van der Waals surface area contributed by atoms with Crippen molar-refractivity contribution in [1.82, 2.24) is 5.32 Å². The molecule has 0 fully saturated rings. The van der Waals surface area contributed by atoms with Crippen molar-refractivity contribution in [2.75, 3.05) is 5.75 Å². The molecular weight excluding hydrogens is 318 g/mol. The number of hydrogen-bond donors (Lipinski definition) is 1. The Bertz CT molecular complexity index is 801. The van der Waals surface area contributed by atoms with E-state index in [1.54, 1.807) is 6.07 Å². The third-order valence-electron chi connectivity index (χ3n) is 4.78. The lowest BCUT2D eigenvalue weighted by atomic mass is 9.91. The fourth-order valence-corrected chi connectivity index (χ4v) is 5.64. The maximum atomic E-state index is 13.0. The van der Waals surface area contributed by atoms with Gasteiger partial charge >= 0.3 is 0 Å². The average Bonchev–Trinajstić information content (AvgIpc) is 2.67. The number of rotatable bonds is 4. The van der Waals surface area contributed by atoms with E-state index in [9.17, 15) is 8.42 Å². The van der Waals surface area contributed by atoms with Gasteiger partial charge in [-0.1, -0.05) is 68.3 Å². The monoisotopic (exact) mass is 343 g/mol. The molecule has 3 nitrogen and oxygen atoms in total. The third kappa shape index (κ3) is 3.40. The van der Waals surface area contributed by atoms with Gasteiger partial charge in [0, 0.05) is 5.54 Å². The molecule has 0 bridgehead atoms. The summed E-state index contributed by atoms with van der Waals surface area (Å²) in [5.74, 6) is 0.139. The normalized spacial score (nSPS) is 25.7. The standard InChI is InChI=1S/C20H25NO2S/c1-3-4-14-20(2)15-24(22,23)18-13-9-8-12-17(18)19(21-20)16-10-6-5-7-11-16/h5-13,19,21H,3-4,14-15H2,1-2H3. The van der Waals surface area contributed by atoms with Crippen LogP contribution in [0.3, 0.4) is 0 Å². The minimum Gasteiger partial charge on any atom is -0.300 e. The van der Waals surface area contributed by atoms with Crippen molar-refractivity contribution in [3.63, 3.8) is 0 Å². The highest BCUT2D eigenvalue weighted by atomic mass is 32.2. The lowest BCUT2D eigenvalue weighted by Crippen LogP contribution is -2.47. The van der Waals surface area contributed by atoms with E-state index in [2.05, 4.69) is 24.4 Å². The summed E-state index contributed by atoms with van der Waals surface area (Å²) < 4.78 is 26.0. The summed E-state index contributed by atoms with van der Waals surface area (Å²) in [5.41, 5.74) is 1.52. The maximum Gasteiger partial charge on any atom is 0.180 e. The van der Waals surface area contributed by atoms with Gasteiger partial charge in [-0.3, -0.25) is 5.32 Å². The summed E-state index contributed by atoms with van der Waals surface area (Å²) in [6.07, 6.45) is 2.91. The van der Waals surface area contributed by atoms with Crippen LogP contribution in [0.25, 0.3) is 0 Å². The Balaban J connectivity index is 2.14. The molecular formula is C20H25NO2S. The quantitative estimate of drug-likeness (QED) is 0.909. The smallest absolute Gasteiger partial charge is 0.180 e. The fourth-order valence-electron chi connectivity index (χ4n) is 3.59. The predicted octanol–water partition coefficient (Wildman–Crippen LogP) is 4.10. The first-order valence-corrected chi connectivity index (χ1v) is 10.2. The molecule has 1 aliphatic heterocycles. The SMILES string of the molecule is CCCCC1(C)CS(=O)(=O)c2ccccc2C(c2ccccc2)N1. The predicted molar refractivity (Wildman–Crippen MR) is 97.8 cm³/mol. The molecule has 2 atom stereocenters. The van der Waals surface area contributed by atoms with Crippen LogP contribution in [-0.4, -0.2) is 19.7 Å². The Morgan fingerprint density at radius 3 is 2.46 bits per heavy atom. The van der Waals surface area contributed by atoms with Gasteiger partial charge in [0.2, 0.25) is 0 Å². The van der Waals surface area contributed by atoms with Crippen molar-refractivity contribution in [3.05, 3.63) is 65.7 Å². The molecule has 0 spiro atoms. The molecule has 2 aromatic rings. The third-order valence-corrected chi connectivity index (χ3v) is 6.84. The molecule has 0 radical (unpaired) electrons. The summed E-state index contributed by atoms with van der Waals surface area (Å²) in [6.45, 7) is 4.18. The summed E-state index contributed by atoms with van der Waals surface area (Å²) in [7, 11) is -3.32. The molecule has 1 aliphatic rings. The Morgan fingerprint density at radius 1 is 1.08 bits per heavy atom. The molecule has 0 aromatic heterocycles. The van der Waals surface area contributed by atoms with E-state index in [0.29, 0.717) is 4.90 Å². The number of nitrogens with one attached hydrogen (secondary N) is 1. The molecule has 24 heavy (non-hydrogen) atoms. The molecule has 1 N–H and O–H groups in total. The van der Waals surface area contributed by atoms with Crippen molar-refractivity contribution >= 4 is 9.84 Å². The molecule has 3 rings (SSSR count). The first-order chi connectivity index (χ1) is 11.5.